The molecule has 17 heavy (non-hydrogen) atoms. The van der Waals surface area contributed by atoms with Crippen LogP contribution in [0.5, 0.6) is 0 Å². The van der Waals surface area contributed by atoms with Gasteiger partial charge in [0.25, 0.3) is 0 Å². The number of ether oxygens (including phenoxy) is 1. The molecule has 0 radical (unpaired) electrons. The van der Waals surface area contributed by atoms with Crippen molar-refractivity contribution >= 4 is 17.6 Å². The second-order valence-corrected chi connectivity index (χ2v) is 3.57. The maximum Gasteiger partial charge on any atom is 0.337 e. The maximum atomic E-state index is 11.5. The molecular formula is C12H16N2O3. The molecule has 5 nitrogen and oxygen atoms in total. The zero-order valence-corrected chi connectivity index (χ0v) is 9.90. The Labute approximate surface area is 99.9 Å². The van der Waals surface area contributed by atoms with E-state index >= 15 is 0 Å². The van der Waals surface area contributed by atoms with Gasteiger partial charge in [-0.15, -0.1) is 0 Å². The fourth-order valence-electron chi connectivity index (χ4n) is 1.23. The van der Waals surface area contributed by atoms with Crippen molar-refractivity contribution in [2.75, 3.05) is 12.4 Å². The highest BCUT2D eigenvalue weighted by Gasteiger charge is 2.11. The Balaban J connectivity index is 2.69. The molecule has 0 bridgehead atoms. The number of carbonyl (C=O) groups excluding carboxylic acids is 2. The van der Waals surface area contributed by atoms with Crippen molar-refractivity contribution in [3.8, 4) is 0 Å². The van der Waals surface area contributed by atoms with E-state index in [-0.39, 0.29) is 5.91 Å². The number of nitrogens with two attached hydrogens (primary N) is 1. The van der Waals surface area contributed by atoms with Crippen molar-refractivity contribution in [3.05, 3.63) is 29.8 Å². The molecule has 0 spiro atoms. The van der Waals surface area contributed by atoms with Crippen molar-refractivity contribution in [2.24, 2.45) is 5.73 Å². The average molecular weight is 236 g/mol. The Morgan fingerprint density at radius 2 is 1.94 bits per heavy atom. The van der Waals surface area contributed by atoms with E-state index in [0.717, 1.165) is 0 Å². The Morgan fingerprint density at radius 1 is 1.35 bits per heavy atom. The van der Waals surface area contributed by atoms with Crippen LogP contribution >= 0.6 is 0 Å². The van der Waals surface area contributed by atoms with Gasteiger partial charge in [0, 0.05) is 5.69 Å². The van der Waals surface area contributed by atoms with E-state index in [4.69, 9.17) is 5.73 Å². The topological polar surface area (TPSA) is 81.4 Å². The summed E-state index contributed by atoms with van der Waals surface area (Å²) in [5.41, 5.74) is 6.62. The van der Waals surface area contributed by atoms with Crippen LogP contribution in [-0.4, -0.2) is 25.0 Å². The molecule has 3 N–H and O–H groups in total. The minimum absolute atomic E-state index is 0.238. The normalized spacial score (nSPS) is 11.7. The lowest BCUT2D eigenvalue weighted by atomic mass is 10.2. The molecule has 1 amide bonds. The lowest BCUT2D eigenvalue weighted by Gasteiger charge is -2.10. The van der Waals surface area contributed by atoms with Crippen LogP contribution in [0.4, 0.5) is 5.69 Å². The van der Waals surface area contributed by atoms with Gasteiger partial charge >= 0.3 is 5.97 Å². The average Bonchev–Trinajstić information content (AvgIpc) is 2.37. The summed E-state index contributed by atoms with van der Waals surface area (Å²) in [5, 5.41) is 2.66. The highest BCUT2D eigenvalue weighted by atomic mass is 16.5. The van der Waals surface area contributed by atoms with Crippen LogP contribution in [0, 0.1) is 0 Å². The second-order valence-electron chi connectivity index (χ2n) is 3.57. The number of esters is 1. The first-order valence-corrected chi connectivity index (χ1v) is 5.33. The summed E-state index contributed by atoms with van der Waals surface area (Å²) in [7, 11) is 1.32. The third-order valence-corrected chi connectivity index (χ3v) is 2.35. The number of methoxy groups -OCH3 is 1. The first-order valence-electron chi connectivity index (χ1n) is 5.33. The minimum Gasteiger partial charge on any atom is -0.465 e. The standard InChI is InChI=1S/C12H16N2O3/c1-3-10(13)11(15)14-9-6-4-8(5-7-9)12(16)17-2/h4-7,10H,3,13H2,1-2H3,(H,14,15)/t10-/m1/s1. The smallest absolute Gasteiger partial charge is 0.337 e. The van der Waals surface area contributed by atoms with Crippen molar-refractivity contribution in [2.45, 2.75) is 19.4 Å². The number of benzene rings is 1. The Morgan fingerprint density at radius 3 is 2.41 bits per heavy atom. The quantitative estimate of drug-likeness (QED) is 0.768. The third-order valence-electron chi connectivity index (χ3n) is 2.35. The number of hydrogen-bond acceptors (Lipinski definition) is 4. The van der Waals surface area contributed by atoms with Crippen LogP contribution < -0.4 is 11.1 Å². The van der Waals surface area contributed by atoms with E-state index in [1.807, 2.05) is 6.92 Å². The van der Waals surface area contributed by atoms with Gasteiger partial charge in [-0.1, -0.05) is 6.92 Å². The number of carbonyl (C=O) groups is 2. The Hall–Kier alpha value is -1.88. The molecule has 0 fully saturated rings. The van der Waals surface area contributed by atoms with Gasteiger partial charge in [-0.25, -0.2) is 4.79 Å². The van der Waals surface area contributed by atoms with E-state index in [1.54, 1.807) is 24.3 Å². The molecule has 0 unspecified atom stereocenters. The molecular weight excluding hydrogens is 220 g/mol. The van der Waals surface area contributed by atoms with Crippen LogP contribution in [-0.2, 0) is 9.53 Å². The first-order chi connectivity index (χ1) is 8.08. The van der Waals surface area contributed by atoms with E-state index < -0.39 is 12.0 Å². The zero-order valence-electron chi connectivity index (χ0n) is 9.90. The van der Waals surface area contributed by atoms with Gasteiger partial charge < -0.3 is 15.8 Å². The SMILES string of the molecule is CC[C@@H](N)C(=O)Nc1ccc(C(=O)OC)cc1. The van der Waals surface area contributed by atoms with Crippen molar-refractivity contribution in [3.63, 3.8) is 0 Å². The van der Waals surface area contributed by atoms with Gasteiger partial charge in [0.2, 0.25) is 5.91 Å². The fourth-order valence-corrected chi connectivity index (χ4v) is 1.23. The third kappa shape index (κ3) is 3.57. The number of hydrogen-bond donors (Lipinski definition) is 2. The molecule has 1 aromatic rings. The van der Waals surface area contributed by atoms with Crippen LogP contribution in [0.25, 0.3) is 0 Å². The summed E-state index contributed by atoms with van der Waals surface area (Å²) in [5.74, 6) is -0.647. The van der Waals surface area contributed by atoms with E-state index in [2.05, 4.69) is 10.1 Å². The largest absolute Gasteiger partial charge is 0.465 e. The van der Waals surface area contributed by atoms with Gasteiger partial charge in [0.1, 0.15) is 0 Å². The molecule has 0 saturated heterocycles. The van der Waals surface area contributed by atoms with E-state index in [1.165, 1.54) is 7.11 Å². The van der Waals surface area contributed by atoms with Gasteiger partial charge in [0.15, 0.2) is 0 Å². The Bertz CT molecular complexity index is 401. The molecule has 5 heteroatoms. The number of nitrogens with one attached hydrogen (secondary N) is 1. The summed E-state index contributed by atoms with van der Waals surface area (Å²) in [6, 6.07) is 5.91. The molecule has 0 aliphatic carbocycles. The number of rotatable bonds is 4. The first kappa shape index (κ1) is 13.2. The fraction of sp³-hybridized carbons (Fsp3) is 0.333. The lowest BCUT2D eigenvalue weighted by molar-refractivity contribution is -0.117. The van der Waals surface area contributed by atoms with Crippen LogP contribution in [0.2, 0.25) is 0 Å². The zero-order chi connectivity index (χ0) is 12.8. The summed E-state index contributed by atoms with van der Waals surface area (Å²) < 4.78 is 4.57. The van der Waals surface area contributed by atoms with Crippen LogP contribution in [0.15, 0.2) is 24.3 Å². The molecule has 0 aromatic heterocycles. The molecule has 0 heterocycles. The highest BCUT2D eigenvalue weighted by molar-refractivity contribution is 5.95. The molecule has 0 aliphatic rings. The van der Waals surface area contributed by atoms with Crippen molar-refractivity contribution < 1.29 is 14.3 Å². The van der Waals surface area contributed by atoms with Crippen molar-refractivity contribution in [1.82, 2.24) is 0 Å². The molecule has 1 rings (SSSR count). The van der Waals surface area contributed by atoms with Crippen LogP contribution in [0.1, 0.15) is 23.7 Å². The minimum atomic E-state index is -0.518. The molecule has 1 aromatic carbocycles. The molecule has 0 saturated carbocycles. The summed E-state index contributed by atoms with van der Waals surface area (Å²) in [6.45, 7) is 1.84. The summed E-state index contributed by atoms with van der Waals surface area (Å²) >= 11 is 0. The van der Waals surface area contributed by atoms with E-state index in [9.17, 15) is 9.59 Å². The lowest BCUT2D eigenvalue weighted by Crippen LogP contribution is -2.34. The second kappa shape index (κ2) is 6.00. The number of amides is 1. The van der Waals surface area contributed by atoms with E-state index in [0.29, 0.717) is 17.7 Å². The molecule has 1 atom stereocenters. The number of anilines is 1. The van der Waals surface area contributed by atoms with Gasteiger partial charge in [-0.2, -0.15) is 0 Å². The van der Waals surface area contributed by atoms with Gasteiger partial charge in [-0.05, 0) is 30.7 Å². The monoisotopic (exact) mass is 236 g/mol. The predicted octanol–water partition coefficient (Wildman–Crippen LogP) is 1.15. The molecule has 0 aliphatic heterocycles. The predicted molar refractivity (Wildman–Crippen MR) is 64.7 cm³/mol. The highest BCUT2D eigenvalue weighted by Crippen LogP contribution is 2.10. The van der Waals surface area contributed by atoms with Crippen molar-refractivity contribution in [1.29, 1.82) is 0 Å². The molecule has 92 valence electrons. The van der Waals surface area contributed by atoms with Crippen LogP contribution in [0.3, 0.4) is 0 Å². The maximum absolute atomic E-state index is 11.5. The van der Waals surface area contributed by atoms with Gasteiger partial charge in [0.05, 0.1) is 18.7 Å². The van der Waals surface area contributed by atoms with Gasteiger partial charge in [-0.3, -0.25) is 4.79 Å². The summed E-state index contributed by atoms with van der Waals surface area (Å²) in [4.78, 5) is 22.7. The Kier molecular flexibility index (Phi) is 4.66. The summed E-state index contributed by atoms with van der Waals surface area (Å²) in [6.07, 6.45) is 0.575.